The van der Waals surface area contributed by atoms with Crippen molar-refractivity contribution in [1.82, 2.24) is 9.97 Å². The van der Waals surface area contributed by atoms with Gasteiger partial charge in [0.1, 0.15) is 8.93 Å². The lowest BCUT2D eigenvalue weighted by molar-refractivity contribution is 0.587. The molecule has 3 aromatic carbocycles. The summed E-state index contributed by atoms with van der Waals surface area (Å²) >= 11 is 0. The van der Waals surface area contributed by atoms with Gasteiger partial charge in [0, 0.05) is 22.3 Å². The standard InChI is InChI=1S/C24H16N2O2.H2O2P3/c1-3-7-17(8-4-1)21-15-25-23(27-21)19-11-13-20(14-12-19)24-26-16-22(28-24)18-9-5-2-6-10-18;1-4-5(2)3/h1-16H;3H2/q;+1. The summed E-state index contributed by atoms with van der Waals surface area (Å²) in [5.41, 5.74) is 3.82. The zero-order valence-electron chi connectivity index (χ0n) is 17.2. The van der Waals surface area contributed by atoms with E-state index in [4.69, 9.17) is 8.83 Å². The average molecular weight is 491 g/mol. The van der Waals surface area contributed by atoms with Crippen LogP contribution >= 0.6 is 24.3 Å². The summed E-state index contributed by atoms with van der Waals surface area (Å²) in [6.45, 7) is 0. The van der Waals surface area contributed by atoms with Gasteiger partial charge in [-0.15, -0.1) is 0 Å². The Balaban J connectivity index is 0.000000471. The SMILES string of the molecule is O=P[P+](=O)P.c1ccc(-c2cnc(-c3ccc(-c4ncc(-c5ccccc5)o4)cc3)o2)cc1. The van der Waals surface area contributed by atoms with E-state index < -0.39 is 7.18 Å². The molecule has 162 valence electrons. The van der Waals surface area contributed by atoms with Gasteiger partial charge in [0.25, 0.3) is 0 Å². The second-order valence-electron chi connectivity index (χ2n) is 6.75. The first-order chi connectivity index (χ1) is 16.1. The Labute approximate surface area is 195 Å². The minimum absolute atomic E-state index is 0.281. The highest BCUT2D eigenvalue weighted by Gasteiger charge is 2.11. The normalized spacial score (nSPS) is 11.0. The van der Waals surface area contributed by atoms with Crippen molar-refractivity contribution in [2.24, 2.45) is 0 Å². The Bertz CT molecular complexity index is 1250. The third-order valence-corrected chi connectivity index (χ3v) is 6.08. The molecule has 0 aliphatic rings. The zero-order valence-corrected chi connectivity index (χ0v) is 20.2. The molecule has 2 unspecified atom stereocenters. The molecule has 0 N–H and O–H groups in total. The third kappa shape index (κ3) is 5.94. The lowest BCUT2D eigenvalue weighted by Gasteiger charge is -1.99. The predicted octanol–water partition coefficient (Wildman–Crippen LogP) is 8.14. The number of oxazole rings is 2. The Morgan fingerprint density at radius 3 is 1.33 bits per heavy atom. The smallest absolute Gasteiger partial charge is 0.436 e. The second kappa shape index (κ2) is 11.0. The lowest BCUT2D eigenvalue weighted by Crippen LogP contribution is -1.80. The van der Waals surface area contributed by atoms with E-state index in [1.165, 1.54) is 0 Å². The first-order valence-corrected chi connectivity index (χ1v) is 14.2. The number of benzene rings is 3. The molecule has 0 aliphatic heterocycles. The molecule has 0 saturated carbocycles. The highest BCUT2D eigenvalue weighted by atomic mass is 32.4. The molecule has 0 amide bonds. The van der Waals surface area contributed by atoms with E-state index in [1.807, 2.05) is 93.9 Å². The summed E-state index contributed by atoms with van der Waals surface area (Å²) in [6, 6.07) is 27.7. The molecule has 6 nitrogen and oxygen atoms in total. The molecule has 9 heteroatoms. The van der Waals surface area contributed by atoms with E-state index in [1.54, 1.807) is 12.4 Å². The lowest BCUT2D eigenvalue weighted by atomic mass is 10.1. The van der Waals surface area contributed by atoms with E-state index in [9.17, 15) is 9.13 Å². The van der Waals surface area contributed by atoms with Crippen molar-refractivity contribution >= 4 is 24.3 Å². The number of nitrogens with zero attached hydrogens (tertiary/aromatic N) is 2. The average Bonchev–Trinajstić information content (AvgIpc) is 3.56. The minimum Gasteiger partial charge on any atom is -0.436 e. The molecule has 0 bridgehead atoms. The summed E-state index contributed by atoms with van der Waals surface area (Å²) in [5.74, 6) is 2.67. The van der Waals surface area contributed by atoms with Gasteiger partial charge in [0.15, 0.2) is 11.5 Å². The van der Waals surface area contributed by atoms with E-state index in [0.29, 0.717) is 11.8 Å². The first-order valence-electron chi connectivity index (χ1n) is 9.82. The molecule has 0 radical (unpaired) electrons. The summed E-state index contributed by atoms with van der Waals surface area (Å²) in [7, 11) is 0.122. The summed E-state index contributed by atoms with van der Waals surface area (Å²) in [6.07, 6.45) is 3.50. The van der Waals surface area contributed by atoms with Crippen LogP contribution in [-0.4, -0.2) is 9.97 Å². The van der Waals surface area contributed by atoms with Crippen LogP contribution in [0.2, 0.25) is 0 Å². The number of aromatic nitrogens is 2. The quantitative estimate of drug-likeness (QED) is 0.231. The number of hydrogen-bond acceptors (Lipinski definition) is 6. The van der Waals surface area contributed by atoms with Crippen LogP contribution in [0.15, 0.2) is 106 Å². The molecule has 2 atom stereocenters. The van der Waals surface area contributed by atoms with Gasteiger partial charge < -0.3 is 8.83 Å². The largest absolute Gasteiger partial charge is 0.459 e. The van der Waals surface area contributed by atoms with Gasteiger partial charge in [-0.1, -0.05) is 65.2 Å². The van der Waals surface area contributed by atoms with Gasteiger partial charge in [0.2, 0.25) is 11.8 Å². The van der Waals surface area contributed by atoms with Crippen molar-refractivity contribution in [2.75, 3.05) is 0 Å². The van der Waals surface area contributed by atoms with E-state index in [0.717, 1.165) is 33.8 Å². The Hall–Kier alpha value is -3.29. The van der Waals surface area contributed by atoms with Crippen molar-refractivity contribution in [3.8, 4) is 45.6 Å². The third-order valence-electron chi connectivity index (χ3n) is 4.59. The van der Waals surface area contributed by atoms with Gasteiger partial charge in [-0.3, -0.25) is 0 Å². The summed E-state index contributed by atoms with van der Waals surface area (Å²) in [5, 5.41) is 0. The van der Waals surface area contributed by atoms with Crippen molar-refractivity contribution in [3.05, 3.63) is 97.3 Å². The Kier molecular flexibility index (Phi) is 7.65. The molecule has 5 aromatic rings. The number of hydrogen-bond donors (Lipinski definition) is 0. The van der Waals surface area contributed by atoms with Gasteiger partial charge >= 0.3 is 15.3 Å². The molecule has 5 rings (SSSR count). The Morgan fingerprint density at radius 2 is 1.00 bits per heavy atom. The van der Waals surface area contributed by atoms with Gasteiger partial charge in [-0.05, 0) is 24.3 Å². The molecule has 0 saturated heterocycles. The summed E-state index contributed by atoms with van der Waals surface area (Å²) < 4.78 is 30.7. The molecule has 2 aromatic heterocycles. The van der Waals surface area contributed by atoms with Crippen molar-refractivity contribution in [3.63, 3.8) is 0 Å². The maximum absolute atomic E-state index is 9.60. The van der Waals surface area contributed by atoms with Crippen molar-refractivity contribution in [1.29, 1.82) is 0 Å². The fraction of sp³-hybridized carbons (Fsp3) is 0. The van der Waals surface area contributed by atoms with Crippen molar-refractivity contribution < 1.29 is 18.0 Å². The van der Waals surface area contributed by atoms with Crippen LogP contribution in [0.3, 0.4) is 0 Å². The predicted molar refractivity (Wildman–Crippen MR) is 133 cm³/mol. The Morgan fingerprint density at radius 1 is 0.636 bits per heavy atom. The van der Waals surface area contributed by atoms with E-state index >= 15 is 0 Å². The monoisotopic (exact) mass is 491 g/mol. The topological polar surface area (TPSA) is 86.2 Å². The second-order valence-corrected chi connectivity index (χ2v) is 11.9. The molecular weight excluding hydrogens is 473 g/mol. The molecule has 33 heavy (non-hydrogen) atoms. The number of rotatable bonds is 5. The van der Waals surface area contributed by atoms with Gasteiger partial charge in [0.05, 0.1) is 12.4 Å². The van der Waals surface area contributed by atoms with Crippen molar-refractivity contribution in [2.45, 2.75) is 0 Å². The van der Waals surface area contributed by atoms with Gasteiger partial charge in [-0.25, -0.2) is 14.5 Å². The molecule has 0 spiro atoms. The minimum atomic E-state index is -1.51. The zero-order chi connectivity index (χ0) is 23.0. The van der Waals surface area contributed by atoms with Crippen LogP contribution in [0.1, 0.15) is 0 Å². The van der Waals surface area contributed by atoms with Crippen LogP contribution in [0.5, 0.6) is 0 Å². The fourth-order valence-corrected chi connectivity index (χ4v) is 3.04. The van der Waals surface area contributed by atoms with Crippen LogP contribution in [0.25, 0.3) is 45.6 Å². The van der Waals surface area contributed by atoms with E-state index in [2.05, 4.69) is 9.97 Å². The maximum Gasteiger partial charge on any atom is 0.459 e. The maximum atomic E-state index is 9.60. The van der Waals surface area contributed by atoms with Crippen LogP contribution < -0.4 is 0 Å². The first kappa shape index (κ1) is 22.9. The molecule has 2 heterocycles. The van der Waals surface area contributed by atoms with Crippen LogP contribution in [0.4, 0.5) is 0 Å². The molecular formula is C24H18N2O4P3+. The summed E-state index contributed by atoms with van der Waals surface area (Å²) in [4.78, 5) is 8.81. The molecule has 0 fully saturated rings. The van der Waals surface area contributed by atoms with Crippen LogP contribution in [-0.2, 0) is 9.13 Å². The fourth-order valence-electron chi connectivity index (χ4n) is 3.04. The highest BCUT2D eigenvalue weighted by molar-refractivity contribution is 8.38. The van der Waals surface area contributed by atoms with Gasteiger partial charge in [-0.2, -0.15) is 0 Å². The molecule has 0 aliphatic carbocycles. The van der Waals surface area contributed by atoms with Crippen LogP contribution in [0, 0.1) is 0 Å². The highest BCUT2D eigenvalue weighted by Crippen LogP contribution is 2.43. The van der Waals surface area contributed by atoms with E-state index in [-0.39, 0.29) is 8.15 Å².